The van der Waals surface area contributed by atoms with E-state index in [2.05, 4.69) is 4.98 Å². The summed E-state index contributed by atoms with van der Waals surface area (Å²) in [6.07, 6.45) is 3.42. The van der Waals surface area contributed by atoms with Crippen LogP contribution in [0.3, 0.4) is 0 Å². The van der Waals surface area contributed by atoms with Gasteiger partial charge in [0, 0.05) is 18.3 Å². The molecule has 4 rings (SSSR count). The number of aromatic nitrogens is 3. The molecule has 0 spiro atoms. The van der Waals surface area contributed by atoms with Gasteiger partial charge < -0.3 is 5.11 Å². The van der Waals surface area contributed by atoms with Crippen LogP contribution < -0.4 is 5.69 Å². The maximum atomic E-state index is 12.9. The van der Waals surface area contributed by atoms with Crippen LogP contribution in [0.4, 0.5) is 13.2 Å². The van der Waals surface area contributed by atoms with Gasteiger partial charge in [0.15, 0.2) is 0 Å². The fourth-order valence-corrected chi connectivity index (χ4v) is 4.23. The molecule has 2 aromatic heterocycles. The van der Waals surface area contributed by atoms with Crippen LogP contribution >= 0.6 is 0 Å². The number of nitrogens with zero attached hydrogens (tertiary/aromatic N) is 3. The highest BCUT2D eigenvalue weighted by molar-refractivity contribution is 7.92. The van der Waals surface area contributed by atoms with Crippen molar-refractivity contribution in [3.63, 3.8) is 0 Å². The van der Waals surface area contributed by atoms with Crippen molar-refractivity contribution < 1.29 is 26.7 Å². The Morgan fingerprint density at radius 1 is 0.941 bits per heavy atom. The van der Waals surface area contributed by atoms with Gasteiger partial charge in [-0.05, 0) is 47.5 Å². The van der Waals surface area contributed by atoms with Crippen LogP contribution in [0.1, 0.15) is 16.8 Å². The lowest BCUT2D eigenvalue weighted by atomic mass is 10.1. The first-order valence-electron chi connectivity index (χ1n) is 9.97. The van der Waals surface area contributed by atoms with Crippen LogP contribution in [0.5, 0.6) is 5.88 Å². The second-order valence-electron chi connectivity index (χ2n) is 7.49. The van der Waals surface area contributed by atoms with Crippen molar-refractivity contribution in [1.82, 2.24) is 14.1 Å². The van der Waals surface area contributed by atoms with Gasteiger partial charge in [0.2, 0.25) is 5.88 Å². The van der Waals surface area contributed by atoms with E-state index in [1.165, 1.54) is 10.8 Å². The number of rotatable bonds is 6. The Morgan fingerprint density at radius 3 is 2.26 bits per heavy atom. The molecule has 0 radical (unpaired) electrons. The summed E-state index contributed by atoms with van der Waals surface area (Å²) in [6.45, 7) is 0.115. The fraction of sp³-hybridized carbons (Fsp3) is 0.130. The molecule has 2 heterocycles. The quantitative estimate of drug-likeness (QED) is 0.446. The highest BCUT2D eigenvalue weighted by atomic mass is 32.2. The maximum Gasteiger partial charge on any atom is 0.501 e. The smallest absolute Gasteiger partial charge is 0.493 e. The van der Waals surface area contributed by atoms with Gasteiger partial charge in [-0.25, -0.2) is 17.8 Å². The lowest BCUT2D eigenvalue weighted by molar-refractivity contribution is -0.0436. The minimum Gasteiger partial charge on any atom is -0.493 e. The Kier molecular flexibility index (Phi) is 6.05. The average molecular weight is 489 g/mol. The Labute approximate surface area is 192 Å². The summed E-state index contributed by atoms with van der Waals surface area (Å²) in [5.41, 5.74) is -3.45. The number of aromatic hydroxyl groups is 1. The molecule has 11 heteroatoms. The SMILES string of the molecule is O=c1n(Cc2ccnc(Cc3ccccc3)c2)cc(O)n1-c1ccc(S(=O)(=O)C(F)(F)F)cc1. The minimum atomic E-state index is -5.52. The van der Waals surface area contributed by atoms with Gasteiger partial charge >= 0.3 is 11.2 Å². The summed E-state index contributed by atoms with van der Waals surface area (Å²) in [4.78, 5) is 16.2. The third kappa shape index (κ3) is 4.60. The average Bonchev–Trinajstić information content (AvgIpc) is 3.06. The van der Waals surface area contributed by atoms with Crippen LogP contribution in [0.15, 0.2) is 88.8 Å². The molecular weight excluding hydrogens is 471 g/mol. The Balaban J connectivity index is 1.59. The molecule has 0 amide bonds. The Morgan fingerprint density at radius 2 is 1.62 bits per heavy atom. The van der Waals surface area contributed by atoms with Crippen LogP contribution in [0.2, 0.25) is 0 Å². The van der Waals surface area contributed by atoms with E-state index in [1.807, 2.05) is 36.4 Å². The van der Waals surface area contributed by atoms with E-state index in [4.69, 9.17) is 0 Å². The molecule has 0 fully saturated rings. The summed E-state index contributed by atoms with van der Waals surface area (Å²) in [5, 5.41) is 10.3. The highest BCUT2D eigenvalue weighted by Gasteiger charge is 2.46. The zero-order valence-corrected chi connectivity index (χ0v) is 18.3. The van der Waals surface area contributed by atoms with E-state index in [1.54, 1.807) is 12.3 Å². The van der Waals surface area contributed by atoms with Gasteiger partial charge in [0.1, 0.15) is 0 Å². The van der Waals surface area contributed by atoms with Crippen molar-refractivity contribution >= 4 is 9.84 Å². The monoisotopic (exact) mass is 489 g/mol. The van der Waals surface area contributed by atoms with Crippen LogP contribution in [-0.2, 0) is 22.8 Å². The van der Waals surface area contributed by atoms with Crippen molar-refractivity contribution in [2.45, 2.75) is 23.4 Å². The summed E-state index contributed by atoms with van der Waals surface area (Å²) in [7, 11) is -5.52. The number of pyridine rings is 1. The minimum absolute atomic E-state index is 0.0156. The second kappa shape index (κ2) is 8.82. The second-order valence-corrected chi connectivity index (χ2v) is 9.44. The molecule has 7 nitrogen and oxygen atoms in total. The molecule has 176 valence electrons. The molecule has 1 N–H and O–H groups in total. The number of benzene rings is 2. The van der Waals surface area contributed by atoms with Gasteiger partial charge in [0.05, 0.1) is 23.3 Å². The van der Waals surface area contributed by atoms with Crippen LogP contribution in [-0.4, -0.2) is 33.2 Å². The van der Waals surface area contributed by atoms with E-state index in [-0.39, 0.29) is 12.2 Å². The zero-order valence-electron chi connectivity index (χ0n) is 17.5. The molecule has 0 saturated carbocycles. The molecule has 0 unspecified atom stereocenters. The molecule has 0 aliphatic heterocycles. The molecule has 0 saturated heterocycles. The van der Waals surface area contributed by atoms with E-state index >= 15 is 0 Å². The van der Waals surface area contributed by atoms with E-state index in [0.29, 0.717) is 6.42 Å². The molecule has 4 aromatic rings. The number of hydrogen-bond acceptors (Lipinski definition) is 5. The van der Waals surface area contributed by atoms with Crippen molar-refractivity contribution in [3.05, 3.63) is 106 Å². The number of sulfone groups is 1. The molecule has 0 bridgehead atoms. The van der Waals surface area contributed by atoms with E-state index in [9.17, 15) is 31.5 Å². The summed E-state index contributed by atoms with van der Waals surface area (Å²) < 4.78 is 63.4. The first kappa shape index (κ1) is 23.3. The van der Waals surface area contributed by atoms with Gasteiger partial charge in [-0.1, -0.05) is 30.3 Å². The van der Waals surface area contributed by atoms with E-state index < -0.39 is 31.8 Å². The number of hydrogen-bond donors (Lipinski definition) is 1. The predicted octanol–water partition coefficient (Wildman–Crippen LogP) is 3.67. The highest BCUT2D eigenvalue weighted by Crippen LogP contribution is 2.30. The molecular formula is C23H18F3N3O4S. The Hall–Kier alpha value is -3.86. The molecule has 34 heavy (non-hydrogen) atoms. The predicted molar refractivity (Wildman–Crippen MR) is 118 cm³/mol. The summed E-state index contributed by atoms with van der Waals surface area (Å²) in [6, 6.07) is 16.8. The largest absolute Gasteiger partial charge is 0.501 e. The third-order valence-electron chi connectivity index (χ3n) is 5.11. The first-order chi connectivity index (χ1) is 16.1. The summed E-state index contributed by atoms with van der Waals surface area (Å²) >= 11 is 0. The van der Waals surface area contributed by atoms with Crippen molar-refractivity contribution in [3.8, 4) is 11.6 Å². The molecule has 0 atom stereocenters. The van der Waals surface area contributed by atoms with Crippen LogP contribution in [0.25, 0.3) is 5.69 Å². The fourth-order valence-electron chi connectivity index (χ4n) is 3.47. The number of imidazole rings is 1. The van der Waals surface area contributed by atoms with Gasteiger partial charge in [-0.3, -0.25) is 9.55 Å². The standard InChI is InChI=1S/C23H18F3N3O4S/c24-23(25,26)34(32,33)20-8-6-19(7-9-20)29-21(30)15-28(22(29)31)14-17-10-11-27-18(13-17)12-16-4-2-1-3-5-16/h1-11,13,15,30H,12,14H2. The zero-order chi connectivity index (χ0) is 24.5. The van der Waals surface area contributed by atoms with Gasteiger partial charge in [0.25, 0.3) is 9.84 Å². The maximum absolute atomic E-state index is 12.9. The van der Waals surface area contributed by atoms with Crippen molar-refractivity contribution in [2.24, 2.45) is 0 Å². The molecule has 2 aromatic carbocycles. The number of alkyl halides is 3. The van der Waals surface area contributed by atoms with E-state index in [0.717, 1.165) is 45.7 Å². The Bertz CT molecular complexity index is 1480. The first-order valence-corrected chi connectivity index (χ1v) is 11.5. The molecule has 0 aliphatic carbocycles. The van der Waals surface area contributed by atoms with Crippen LogP contribution in [0, 0.1) is 0 Å². The normalized spacial score (nSPS) is 12.1. The lowest BCUT2D eigenvalue weighted by Crippen LogP contribution is -2.24. The van der Waals surface area contributed by atoms with Crippen molar-refractivity contribution in [2.75, 3.05) is 0 Å². The number of halogens is 3. The summed E-state index contributed by atoms with van der Waals surface area (Å²) in [5.74, 6) is -0.449. The topological polar surface area (TPSA) is 94.2 Å². The molecule has 0 aliphatic rings. The lowest BCUT2D eigenvalue weighted by Gasteiger charge is -2.09. The van der Waals surface area contributed by atoms with Gasteiger partial charge in [-0.15, -0.1) is 0 Å². The third-order valence-corrected chi connectivity index (χ3v) is 6.61. The van der Waals surface area contributed by atoms with Gasteiger partial charge in [-0.2, -0.15) is 13.2 Å². The van der Waals surface area contributed by atoms with Crippen molar-refractivity contribution in [1.29, 1.82) is 0 Å².